The van der Waals surface area contributed by atoms with Gasteiger partial charge in [-0.1, -0.05) is 0 Å². The smallest absolute Gasteiger partial charge is 0.243 e. The highest BCUT2D eigenvalue weighted by Crippen LogP contribution is 2.29. The van der Waals surface area contributed by atoms with Crippen LogP contribution in [-0.2, 0) is 26.0 Å². The van der Waals surface area contributed by atoms with Gasteiger partial charge in [-0.3, -0.25) is 9.59 Å². The first-order chi connectivity index (χ1) is 14.7. The van der Waals surface area contributed by atoms with Crippen LogP contribution in [0.3, 0.4) is 0 Å². The maximum Gasteiger partial charge on any atom is 0.243 e. The number of furan rings is 1. The van der Waals surface area contributed by atoms with Crippen LogP contribution in [0.2, 0.25) is 0 Å². The number of ether oxygens (including phenoxy) is 2. The van der Waals surface area contributed by atoms with E-state index in [1.807, 2.05) is 0 Å². The number of nitrogens with one attached hydrogen (secondary N) is 1. The molecule has 9 nitrogen and oxygen atoms in total. The Bertz CT molecular complexity index is 1070. The number of morpholine rings is 1. The van der Waals surface area contributed by atoms with Crippen LogP contribution in [-0.4, -0.2) is 57.8 Å². The fraction of sp³-hybridized carbons (Fsp3) is 0.429. The summed E-state index contributed by atoms with van der Waals surface area (Å²) < 4.78 is 43.2. The van der Waals surface area contributed by atoms with E-state index >= 15 is 0 Å². The second kappa shape index (κ2) is 9.63. The lowest BCUT2D eigenvalue weighted by Gasteiger charge is -2.26. The fourth-order valence-electron chi connectivity index (χ4n) is 3.35. The zero-order valence-electron chi connectivity index (χ0n) is 17.8. The van der Waals surface area contributed by atoms with Gasteiger partial charge in [0.05, 0.1) is 36.5 Å². The van der Waals surface area contributed by atoms with Gasteiger partial charge in [0.2, 0.25) is 15.9 Å². The number of benzene rings is 1. The molecule has 1 N–H and O–H groups in total. The molecule has 1 amide bonds. The summed E-state index contributed by atoms with van der Waals surface area (Å²) in [5, 5.41) is 2.71. The molecule has 0 unspecified atom stereocenters. The predicted molar refractivity (Wildman–Crippen MR) is 113 cm³/mol. The van der Waals surface area contributed by atoms with E-state index in [1.54, 1.807) is 13.0 Å². The largest absolute Gasteiger partial charge is 0.495 e. The first-order valence-corrected chi connectivity index (χ1v) is 11.3. The van der Waals surface area contributed by atoms with E-state index in [1.165, 1.54) is 36.5 Å². The number of amides is 1. The van der Waals surface area contributed by atoms with Gasteiger partial charge >= 0.3 is 0 Å². The number of Topliss-reactive ketones (excluding diaryl/α,β-unsaturated/α-hetero) is 1. The number of anilines is 1. The number of aryl methyl sites for hydroxylation is 2. The summed E-state index contributed by atoms with van der Waals surface area (Å²) in [5.41, 5.74) is 0.764. The zero-order chi connectivity index (χ0) is 22.6. The third kappa shape index (κ3) is 5.33. The maximum atomic E-state index is 12.9. The van der Waals surface area contributed by atoms with Crippen LogP contribution in [0, 0.1) is 6.92 Å². The Morgan fingerprint density at radius 3 is 2.52 bits per heavy atom. The summed E-state index contributed by atoms with van der Waals surface area (Å²) >= 11 is 0. The predicted octanol–water partition coefficient (Wildman–Crippen LogP) is 2.39. The number of carbonyl (C=O) groups excluding carboxylic acids is 2. The van der Waals surface area contributed by atoms with Crippen LogP contribution in [0.4, 0.5) is 5.69 Å². The van der Waals surface area contributed by atoms with Gasteiger partial charge in [0.25, 0.3) is 0 Å². The summed E-state index contributed by atoms with van der Waals surface area (Å²) in [6.45, 7) is 4.40. The van der Waals surface area contributed by atoms with Gasteiger partial charge in [-0.05, 0) is 38.1 Å². The topological polar surface area (TPSA) is 115 Å². The summed E-state index contributed by atoms with van der Waals surface area (Å²) in [6.07, 6.45) is 0.391. The molecule has 1 aromatic heterocycles. The second-order valence-electron chi connectivity index (χ2n) is 7.17. The molecule has 1 fully saturated rings. The average Bonchev–Trinajstić information content (AvgIpc) is 3.13. The molecule has 2 aromatic rings. The Hall–Kier alpha value is -2.69. The SMILES string of the molecule is COc1ccc(S(=O)(=O)N2CCOCC2)cc1NC(=O)CCc1cc(C(C)=O)c(C)o1. The van der Waals surface area contributed by atoms with E-state index in [4.69, 9.17) is 13.9 Å². The lowest BCUT2D eigenvalue weighted by Crippen LogP contribution is -2.40. The minimum absolute atomic E-state index is 0.0678. The number of rotatable bonds is 8. The van der Waals surface area contributed by atoms with Crippen LogP contribution in [0.15, 0.2) is 33.6 Å². The average molecular weight is 451 g/mol. The molecule has 0 aliphatic carbocycles. The van der Waals surface area contributed by atoms with Gasteiger partial charge in [-0.2, -0.15) is 4.31 Å². The van der Waals surface area contributed by atoms with Crippen molar-refractivity contribution in [2.45, 2.75) is 31.6 Å². The number of hydrogen-bond acceptors (Lipinski definition) is 7. The van der Waals surface area contributed by atoms with Gasteiger partial charge < -0.3 is 19.2 Å². The third-order valence-corrected chi connectivity index (χ3v) is 6.89. The Kier molecular flexibility index (Phi) is 7.14. The number of methoxy groups -OCH3 is 1. The molecule has 0 radical (unpaired) electrons. The van der Waals surface area contributed by atoms with Crippen LogP contribution in [0.25, 0.3) is 0 Å². The van der Waals surface area contributed by atoms with E-state index in [0.29, 0.717) is 42.5 Å². The maximum absolute atomic E-state index is 12.9. The number of sulfonamides is 1. The van der Waals surface area contributed by atoms with Crippen LogP contribution < -0.4 is 10.1 Å². The molecule has 1 aliphatic heterocycles. The Morgan fingerprint density at radius 2 is 1.90 bits per heavy atom. The quantitative estimate of drug-likeness (QED) is 0.614. The van der Waals surface area contributed by atoms with Crippen molar-refractivity contribution in [1.29, 1.82) is 0 Å². The van der Waals surface area contributed by atoms with Gasteiger partial charge in [-0.25, -0.2) is 8.42 Å². The van der Waals surface area contributed by atoms with Crippen LogP contribution in [0.5, 0.6) is 5.75 Å². The lowest BCUT2D eigenvalue weighted by molar-refractivity contribution is -0.116. The van der Waals surface area contributed by atoms with Gasteiger partial charge in [0, 0.05) is 25.9 Å². The zero-order valence-corrected chi connectivity index (χ0v) is 18.6. The molecular weight excluding hydrogens is 424 g/mol. The molecule has 0 atom stereocenters. The van der Waals surface area contributed by atoms with Crippen molar-refractivity contribution >= 4 is 27.4 Å². The highest BCUT2D eigenvalue weighted by Gasteiger charge is 2.27. The van der Waals surface area contributed by atoms with E-state index in [2.05, 4.69) is 5.32 Å². The van der Waals surface area contributed by atoms with E-state index in [0.717, 1.165) is 0 Å². The Balaban J connectivity index is 1.72. The molecule has 1 aliphatic rings. The molecule has 2 heterocycles. The summed E-state index contributed by atoms with van der Waals surface area (Å²) in [4.78, 5) is 24.1. The minimum Gasteiger partial charge on any atom is -0.495 e. The Morgan fingerprint density at radius 1 is 1.19 bits per heavy atom. The molecule has 10 heteroatoms. The van der Waals surface area contributed by atoms with E-state index in [9.17, 15) is 18.0 Å². The van der Waals surface area contributed by atoms with Crippen LogP contribution >= 0.6 is 0 Å². The molecular formula is C21H26N2O7S. The summed E-state index contributed by atoms with van der Waals surface area (Å²) in [7, 11) is -2.27. The summed E-state index contributed by atoms with van der Waals surface area (Å²) in [5.74, 6) is 0.971. The van der Waals surface area contributed by atoms with Crippen molar-refractivity contribution in [3.05, 3.63) is 41.3 Å². The molecule has 0 spiro atoms. The standard InChI is InChI=1S/C21H26N2O7S/c1-14(24)18-12-16(30-15(18)2)4-7-21(25)22-19-13-17(5-6-20(19)28-3)31(26,27)23-8-10-29-11-9-23/h5-6,12-13H,4,7-11H2,1-3H3,(H,22,25). The molecule has 0 saturated carbocycles. The van der Waals surface area contributed by atoms with Crippen molar-refractivity contribution in [3.63, 3.8) is 0 Å². The molecule has 1 aromatic carbocycles. The third-order valence-electron chi connectivity index (χ3n) is 5.00. The van der Waals surface area contributed by atoms with E-state index in [-0.39, 0.29) is 41.8 Å². The van der Waals surface area contributed by atoms with Gasteiger partial charge in [0.15, 0.2) is 5.78 Å². The molecule has 31 heavy (non-hydrogen) atoms. The van der Waals surface area contributed by atoms with Crippen LogP contribution in [0.1, 0.15) is 35.2 Å². The first-order valence-electron chi connectivity index (χ1n) is 9.88. The number of ketones is 1. The second-order valence-corrected chi connectivity index (χ2v) is 9.10. The van der Waals surface area contributed by atoms with Crippen molar-refractivity contribution in [3.8, 4) is 5.75 Å². The number of carbonyl (C=O) groups is 2. The first kappa shape index (κ1) is 23.0. The fourth-order valence-corrected chi connectivity index (χ4v) is 4.78. The highest BCUT2D eigenvalue weighted by atomic mass is 32.2. The highest BCUT2D eigenvalue weighted by molar-refractivity contribution is 7.89. The van der Waals surface area contributed by atoms with E-state index < -0.39 is 10.0 Å². The number of hydrogen-bond donors (Lipinski definition) is 1. The number of nitrogens with zero attached hydrogens (tertiary/aromatic N) is 1. The normalized spacial score (nSPS) is 14.9. The van der Waals surface area contributed by atoms with Crippen molar-refractivity contribution in [2.75, 3.05) is 38.7 Å². The monoisotopic (exact) mass is 450 g/mol. The molecule has 0 bridgehead atoms. The Labute approximate surface area is 181 Å². The molecule has 168 valence electrons. The van der Waals surface area contributed by atoms with Gasteiger partial charge in [-0.15, -0.1) is 0 Å². The lowest BCUT2D eigenvalue weighted by atomic mass is 10.1. The molecule has 3 rings (SSSR count). The van der Waals surface area contributed by atoms with Crippen molar-refractivity contribution in [2.24, 2.45) is 0 Å². The minimum atomic E-state index is -3.71. The van der Waals surface area contributed by atoms with Crippen molar-refractivity contribution < 1.29 is 31.9 Å². The molecule has 1 saturated heterocycles. The van der Waals surface area contributed by atoms with Gasteiger partial charge in [0.1, 0.15) is 17.3 Å². The van der Waals surface area contributed by atoms with Crippen molar-refractivity contribution in [1.82, 2.24) is 4.31 Å². The summed E-state index contributed by atoms with van der Waals surface area (Å²) in [6, 6.07) is 6.00.